The minimum atomic E-state index is -0.613. The van der Waals surface area contributed by atoms with Crippen LogP contribution in [0.4, 0.5) is 20.5 Å². The molecule has 0 saturated carbocycles. The van der Waals surface area contributed by atoms with Gasteiger partial charge in [0.2, 0.25) is 11.8 Å². The van der Waals surface area contributed by atoms with Crippen molar-refractivity contribution < 1.29 is 18.6 Å². The zero-order valence-corrected chi connectivity index (χ0v) is 19.1. The van der Waals surface area contributed by atoms with Crippen molar-refractivity contribution in [1.29, 1.82) is 0 Å². The van der Waals surface area contributed by atoms with Crippen LogP contribution in [-0.2, 0) is 6.42 Å². The molecule has 3 heterocycles. The molecule has 5 rings (SSSR count). The average molecular weight is 469 g/mol. The molecular formula is C24H26F2N6O2. The van der Waals surface area contributed by atoms with Gasteiger partial charge in [-0.3, -0.25) is 4.99 Å². The fourth-order valence-electron chi connectivity index (χ4n) is 4.23. The van der Waals surface area contributed by atoms with Crippen LogP contribution in [0.1, 0.15) is 18.1 Å². The molecular weight excluding hydrogens is 442 g/mol. The number of piperazine rings is 1. The number of fused-ring (bicyclic) bond motifs is 1. The van der Waals surface area contributed by atoms with Crippen LogP contribution in [-0.4, -0.2) is 72.2 Å². The molecule has 0 atom stereocenters. The number of benzene rings is 1. The van der Waals surface area contributed by atoms with E-state index in [9.17, 15) is 9.50 Å². The molecule has 2 aliphatic heterocycles. The van der Waals surface area contributed by atoms with Crippen LogP contribution >= 0.6 is 0 Å². The van der Waals surface area contributed by atoms with E-state index < -0.39 is 11.6 Å². The molecule has 1 aromatic carbocycles. The topological polar surface area (TPSA) is 86.1 Å². The number of rotatable bonds is 5. The predicted molar refractivity (Wildman–Crippen MR) is 127 cm³/mol. The number of amidine groups is 1. The first-order chi connectivity index (χ1) is 16.4. The second-order valence-electron chi connectivity index (χ2n) is 8.80. The molecule has 1 aliphatic carbocycles. The Hall–Kier alpha value is -3.37. The van der Waals surface area contributed by atoms with E-state index in [0.717, 1.165) is 43.4 Å². The van der Waals surface area contributed by atoms with Gasteiger partial charge in [-0.25, -0.2) is 8.78 Å². The van der Waals surface area contributed by atoms with Crippen molar-refractivity contribution in [1.82, 2.24) is 14.9 Å². The molecule has 0 bridgehead atoms. The SMILES string of the molecule is CC1=Cc2c(F)c(Oc3cc(N4CCN(C)CC4)nc(NC4=NCC(CO)=C4)n3)cc(F)c2C1. The summed E-state index contributed by atoms with van der Waals surface area (Å²) >= 11 is 0. The first kappa shape index (κ1) is 22.4. The van der Waals surface area contributed by atoms with E-state index in [4.69, 9.17) is 4.74 Å². The number of halogens is 2. The van der Waals surface area contributed by atoms with Crippen LogP contribution in [0.5, 0.6) is 11.6 Å². The number of nitrogens with one attached hydrogen (secondary N) is 1. The molecule has 3 aliphatic rings. The zero-order valence-electron chi connectivity index (χ0n) is 19.1. The Kier molecular flexibility index (Phi) is 6.01. The highest BCUT2D eigenvalue weighted by Gasteiger charge is 2.24. The summed E-state index contributed by atoms with van der Waals surface area (Å²) in [5, 5.41) is 12.4. The average Bonchev–Trinajstić information content (AvgIpc) is 3.44. The van der Waals surface area contributed by atoms with Crippen LogP contribution in [0.15, 0.2) is 34.3 Å². The summed E-state index contributed by atoms with van der Waals surface area (Å²) in [4.78, 5) is 17.6. The third-order valence-corrected chi connectivity index (χ3v) is 6.14. The minimum Gasteiger partial charge on any atom is -0.436 e. The molecule has 1 aromatic heterocycles. The van der Waals surface area contributed by atoms with Crippen molar-refractivity contribution in [3.05, 3.63) is 52.1 Å². The van der Waals surface area contributed by atoms with Crippen LogP contribution in [0.25, 0.3) is 6.08 Å². The molecule has 178 valence electrons. The summed E-state index contributed by atoms with van der Waals surface area (Å²) in [7, 11) is 2.06. The van der Waals surface area contributed by atoms with Crippen molar-refractivity contribution in [2.45, 2.75) is 13.3 Å². The Morgan fingerprint density at radius 1 is 1.12 bits per heavy atom. The Morgan fingerprint density at radius 3 is 2.65 bits per heavy atom. The van der Waals surface area contributed by atoms with Gasteiger partial charge in [0.15, 0.2) is 11.6 Å². The quantitative estimate of drug-likeness (QED) is 0.698. The minimum absolute atomic E-state index is 0.0810. The van der Waals surface area contributed by atoms with Gasteiger partial charge >= 0.3 is 0 Å². The standard InChI is InChI=1S/C24H26F2N6O2/c1-14-7-16-17(8-14)23(26)19(10-18(16)25)34-22-11-21(32-5-3-31(2)4-6-32)29-24(30-22)28-20-9-15(13-33)12-27-20/h8-11,33H,3-7,12-13H2,1-2H3,(H,27,28,29,30). The molecule has 1 saturated heterocycles. The van der Waals surface area contributed by atoms with Crippen molar-refractivity contribution in [2.24, 2.45) is 4.99 Å². The Bertz CT molecular complexity index is 1220. The van der Waals surface area contributed by atoms with E-state index in [1.54, 1.807) is 18.2 Å². The van der Waals surface area contributed by atoms with E-state index >= 15 is 4.39 Å². The molecule has 0 unspecified atom stereocenters. The number of aliphatic hydroxyl groups excluding tert-OH is 1. The number of hydrogen-bond acceptors (Lipinski definition) is 8. The van der Waals surface area contributed by atoms with E-state index in [0.29, 0.717) is 30.2 Å². The van der Waals surface area contributed by atoms with Crippen molar-refractivity contribution in [3.8, 4) is 11.6 Å². The van der Waals surface area contributed by atoms with Gasteiger partial charge in [0.25, 0.3) is 0 Å². The van der Waals surface area contributed by atoms with Gasteiger partial charge in [-0.1, -0.05) is 11.6 Å². The number of ether oxygens (including phenoxy) is 1. The largest absolute Gasteiger partial charge is 0.436 e. The molecule has 10 heteroatoms. The maximum atomic E-state index is 15.2. The predicted octanol–water partition coefficient (Wildman–Crippen LogP) is 3.00. The molecule has 2 N–H and O–H groups in total. The second kappa shape index (κ2) is 9.11. The molecule has 8 nitrogen and oxygen atoms in total. The maximum absolute atomic E-state index is 15.2. The number of allylic oxidation sites excluding steroid dienone is 1. The highest BCUT2D eigenvalue weighted by molar-refractivity contribution is 6.04. The van der Waals surface area contributed by atoms with Gasteiger partial charge in [0, 0.05) is 49.4 Å². The van der Waals surface area contributed by atoms with E-state index in [-0.39, 0.29) is 29.7 Å². The third kappa shape index (κ3) is 4.51. The summed E-state index contributed by atoms with van der Waals surface area (Å²) in [5.41, 5.74) is 2.23. The monoisotopic (exact) mass is 468 g/mol. The van der Waals surface area contributed by atoms with Crippen molar-refractivity contribution >= 4 is 23.7 Å². The van der Waals surface area contributed by atoms with E-state index in [1.165, 1.54) is 0 Å². The molecule has 2 aromatic rings. The first-order valence-electron chi connectivity index (χ1n) is 11.2. The first-order valence-corrected chi connectivity index (χ1v) is 11.2. The number of likely N-dealkylation sites (N-methyl/N-ethyl adjacent to an activating group) is 1. The number of nitrogens with zero attached hydrogens (tertiary/aromatic N) is 5. The normalized spacial score (nSPS) is 17.9. The smallest absolute Gasteiger partial charge is 0.233 e. The maximum Gasteiger partial charge on any atom is 0.233 e. The van der Waals surface area contributed by atoms with E-state index in [2.05, 4.69) is 37.1 Å². The Labute approximate surface area is 196 Å². The summed E-state index contributed by atoms with van der Waals surface area (Å²) < 4.78 is 35.6. The Balaban J connectivity index is 1.48. The second-order valence-corrected chi connectivity index (χ2v) is 8.80. The lowest BCUT2D eigenvalue weighted by Gasteiger charge is -2.33. The van der Waals surface area contributed by atoms with Gasteiger partial charge in [-0.2, -0.15) is 9.97 Å². The summed E-state index contributed by atoms with van der Waals surface area (Å²) in [6, 6.07) is 2.70. The summed E-state index contributed by atoms with van der Waals surface area (Å²) in [5.74, 6) is 0.0965. The van der Waals surface area contributed by atoms with Gasteiger partial charge in [0.05, 0.1) is 13.2 Å². The van der Waals surface area contributed by atoms with Gasteiger partial charge in [-0.15, -0.1) is 0 Å². The molecule has 0 amide bonds. The van der Waals surface area contributed by atoms with Gasteiger partial charge in [-0.05, 0) is 32.0 Å². The van der Waals surface area contributed by atoms with Crippen LogP contribution in [0, 0.1) is 11.6 Å². The number of aliphatic imine (C=N–C) groups is 1. The lowest BCUT2D eigenvalue weighted by molar-refractivity contribution is 0.312. The lowest BCUT2D eigenvalue weighted by atomic mass is 10.1. The van der Waals surface area contributed by atoms with Crippen LogP contribution < -0.4 is 15.0 Å². The highest BCUT2D eigenvalue weighted by atomic mass is 19.1. The number of aromatic nitrogens is 2. The highest BCUT2D eigenvalue weighted by Crippen LogP contribution is 2.36. The number of aliphatic hydroxyl groups is 1. The molecule has 0 radical (unpaired) electrons. The zero-order chi connectivity index (χ0) is 23.8. The number of hydrogen-bond donors (Lipinski definition) is 2. The lowest BCUT2D eigenvalue weighted by Crippen LogP contribution is -2.44. The molecule has 0 spiro atoms. The molecule has 1 fully saturated rings. The molecule has 34 heavy (non-hydrogen) atoms. The van der Waals surface area contributed by atoms with Gasteiger partial charge < -0.3 is 25.0 Å². The van der Waals surface area contributed by atoms with E-state index in [1.807, 2.05) is 6.92 Å². The van der Waals surface area contributed by atoms with Gasteiger partial charge in [0.1, 0.15) is 17.5 Å². The van der Waals surface area contributed by atoms with Crippen LogP contribution in [0.3, 0.4) is 0 Å². The van der Waals surface area contributed by atoms with Crippen LogP contribution in [0.2, 0.25) is 0 Å². The fourth-order valence-corrected chi connectivity index (χ4v) is 4.23. The number of anilines is 2. The third-order valence-electron chi connectivity index (χ3n) is 6.14. The van der Waals surface area contributed by atoms with Crippen molar-refractivity contribution in [2.75, 3.05) is 56.6 Å². The summed E-state index contributed by atoms with van der Waals surface area (Å²) in [6.07, 6.45) is 3.77. The summed E-state index contributed by atoms with van der Waals surface area (Å²) in [6.45, 7) is 5.41. The van der Waals surface area contributed by atoms with Crippen molar-refractivity contribution in [3.63, 3.8) is 0 Å². The Morgan fingerprint density at radius 2 is 1.91 bits per heavy atom. The fraction of sp³-hybridized carbons (Fsp3) is 0.375.